The van der Waals surface area contributed by atoms with Gasteiger partial charge in [0.15, 0.2) is 6.10 Å². The predicted octanol–water partition coefficient (Wildman–Crippen LogP) is 5.56. The summed E-state index contributed by atoms with van der Waals surface area (Å²) in [5.41, 5.74) is -1.68. The number of rotatable bonds is 9. The number of fused-ring (bicyclic) bond motifs is 3. The Morgan fingerprint density at radius 2 is 1.41 bits per heavy atom. The fraction of sp³-hybridized carbons (Fsp3) is 0.387. The quantitative estimate of drug-likeness (QED) is 0.219. The van der Waals surface area contributed by atoms with Crippen molar-refractivity contribution in [3.8, 4) is 5.75 Å². The summed E-state index contributed by atoms with van der Waals surface area (Å²) in [5, 5.41) is 11.8. The number of hydrogen-bond acceptors (Lipinski definition) is 4. The molecule has 3 aliphatic rings. The van der Waals surface area contributed by atoms with Crippen LogP contribution in [0, 0.1) is 5.92 Å². The van der Waals surface area contributed by atoms with E-state index in [1.54, 1.807) is 48.5 Å². The highest BCUT2D eigenvalue weighted by atomic mass is 19.4. The first-order valence-corrected chi connectivity index (χ1v) is 13.4. The summed E-state index contributed by atoms with van der Waals surface area (Å²) < 4.78 is 51.0. The third kappa shape index (κ3) is 5.82. The molecule has 6 rings (SSSR count). The first-order valence-electron chi connectivity index (χ1n) is 13.4. The predicted molar refractivity (Wildman–Crippen MR) is 140 cm³/mol. The monoisotopic (exact) mass is 540 g/mol. The maximum atomic E-state index is 13.6. The second-order valence-corrected chi connectivity index (χ2v) is 10.6. The number of alkyl halides is 3. The number of benzene rings is 3. The van der Waals surface area contributed by atoms with Crippen molar-refractivity contribution in [3.63, 3.8) is 0 Å². The molecule has 0 saturated carbocycles. The summed E-state index contributed by atoms with van der Waals surface area (Å²) >= 11 is 0. The van der Waals surface area contributed by atoms with Gasteiger partial charge in [0.1, 0.15) is 12.3 Å². The third-order valence-electron chi connectivity index (χ3n) is 8.21. The van der Waals surface area contributed by atoms with E-state index in [4.69, 9.17) is 9.47 Å². The van der Waals surface area contributed by atoms with Gasteiger partial charge in [-0.15, -0.1) is 0 Å². The number of hydrogen-bond donors (Lipinski definition) is 1. The molecule has 1 atom stereocenters. The number of carbonyl (C=O) groups excluding carboxylic acids is 1. The number of ether oxygens (including phenoxy) is 2. The number of quaternary nitrogens is 1. The standard InChI is InChI=1S/C31H33F3NO4/c32-31(33,34)26-12-14-27(15-13-26)38-21-7-18-35-19-16-23(17-20-35)28(22-35)39-29(36)30(37,24-8-3-1-4-9-24)25-10-5-2-6-11-25/h1-6,8-15,23,28,37H,7,16-22H2/q+1. The molecule has 0 radical (unpaired) electrons. The largest absolute Gasteiger partial charge is 0.493 e. The summed E-state index contributed by atoms with van der Waals surface area (Å²) in [6, 6.07) is 22.5. The number of halogens is 3. The zero-order valence-electron chi connectivity index (χ0n) is 21.6. The van der Waals surface area contributed by atoms with Crippen LogP contribution in [-0.2, 0) is 21.3 Å². The van der Waals surface area contributed by atoms with Crippen molar-refractivity contribution in [1.82, 2.24) is 0 Å². The van der Waals surface area contributed by atoms with E-state index >= 15 is 0 Å². The van der Waals surface area contributed by atoms with Crippen LogP contribution in [0.2, 0.25) is 0 Å². The van der Waals surface area contributed by atoms with Crippen molar-refractivity contribution < 1.29 is 37.0 Å². The molecule has 3 heterocycles. The maximum Gasteiger partial charge on any atom is 0.416 e. The van der Waals surface area contributed by atoms with E-state index in [0.717, 1.165) is 55.5 Å². The Balaban J connectivity index is 1.22. The fourth-order valence-electron chi connectivity index (χ4n) is 5.98. The second kappa shape index (κ2) is 11.0. The minimum Gasteiger partial charge on any atom is -0.493 e. The topological polar surface area (TPSA) is 55.8 Å². The summed E-state index contributed by atoms with van der Waals surface area (Å²) in [6.45, 7) is 3.86. The SMILES string of the molecule is O=C(OC1C[N+]2(CCCOc3ccc(C(F)(F)F)cc3)CCC1CC2)C(O)(c1ccccc1)c1ccccc1. The molecule has 0 spiro atoms. The molecular formula is C31H33F3NO4+. The first-order chi connectivity index (χ1) is 18.7. The van der Waals surface area contributed by atoms with Crippen molar-refractivity contribution in [1.29, 1.82) is 0 Å². The Morgan fingerprint density at radius 1 is 0.846 bits per heavy atom. The van der Waals surface area contributed by atoms with Crippen molar-refractivity contribution in [2.45, 2.75) is 37.1 Å². The van der Waals surface area contributed by atoms with Gasteiger partial charge in [-0.1, -0.05) is 60.7 Å². The highest BCUT2D eigenvalue weighted by molar-refractivity contribution is 5.85. The van der Waals surface area contributed by atoms with E-state index in [9.17, 15) is 23.1 Å². The lowest BCUT2D eigenvalue weighted by Gasteiger charge is -2.52. The molecule has 0 aliphatic carbocycles. The zero-order valence-corrected chi connectivity index (χ0v) is 21.6. The molecule has 8 heteroatoms. The molecule has 0 aromatic heterocycles. The van der Waals surface area contributed by atoms with Crippen molar-refractivity contribution in [2.24, 2.45) is 5.92 Å². The van der Waals surface area contributed by atoms with Gasteiger partial charge in [-0.2, -0.15) is 13.2 Å². The van der Waals surface area contributed by atoms with E-state index in [1.807, 2.05) is 12.1 Å². The van der Waals surface area contributed by atoms with E-state index < -0.39 is 23.3 Å². The lowest BCUT2D eigenvalue weighted by atomic mass is 9.82. The van der Waals surface area contributed by atoms with Gasteiger partial charge in [0, 0.05) is 25.2 Å². The molecule has 3 fully saturated rings. The van der Waals surface area contributed by atoms with Gasteiger partial charge in [0.2, 0.25) is 5.60 Å². The molecule has 3 aromatic carbocycles. The summed E-state index contributed by atoms with van der Waals surface area (Å²) in [7, 11) is 0. The second-order valence-electron chi connectivity index (χ2n) is 10.6. The highest BCUT2D eigenvalue weighted by Crippen LogP contribution is 2.38. The molecule has 5 nitrogen and oxygen atoms in total. The highest BCUT2D eigenvalue weighted by Gasteiger charge is 2.50. The maximum absolute atomic E-state index is 13.6. The van der Waals surface area contributed by atoms with Crippen LogP contribution < -0.4 is 4.74 Å². The molecule has 2 bridgehead atoms. The van der Waals surface area contributed by atoms with Crippen molar-refractivity contribution in [3.05, 3.63) is 102 Å². The van der Waals surface area contributed by atoms with E-state index in [1.165, 1.54) is 12.1 Å². The third-order valence-corrected chi connectivity index (χ3v) is 8.21. The van der Waals surface area contributed by atoms with Crippen LogP contribution >= 0.6 is 0 Å². The molecule has 3 saturated heterocycles. The van der Waals surface area contributed by atoms with Gasteiger partial charge in [0.05, 0.1) is 31.8 Å². The Bertz CT molecular complexity index is 1200. The molecule has 39 heavy (non-hydrogen) atoms. The summed E-state index contributed by atoms with van der Waals surface area (Å²) in [4.78, 5) is 13.6. The molecule has 3 aromatic rings. The van der Waals surface area contributed by atoms with Crippen LogP contribution in [0.1, 0.15) is 36.0 Å². The number of piperidine rings is 3. The average Bonchev–Trinajstić information content (AvgIpc) is 2.96. The van der Waals surface area contributed by atoms with Crippen molar-refractivity contribution in [2.75, 3.05) is 32.8 Å². The van der Waals surface area contributed by atoms with Gasteiger partial charge >= 0.3 is 12.1 Å². The minimum atomic E-state index is -4.37. The van der Waals surface area contributed by atoms with Gasteiger partial charge in [-0.25, -0.2) is 4.79 Å². The minimum absolute atomic E-state index is 0.258. The normalized spacial score (nSPS) is 22.9. The Morgan fingerprint density at radius 3 is 1.95 bits per heavy atom. The van der Waals surface area contributed by atoms with E-state index in [0.29, 0.717) is 30.0 Å². The smallest absolute Gasteiger partial charge is 0.416 e. The average molecular weight is 541 g/mol. The molecule has 206 valence electrons. The molecule has 1 unspecified atom stereocenters. The molecule has 1 N–H and O–H groups in total. The summed E-state index contributed by atoms with van der Waals surface area (Å²) in [5.74, 6) is 0.00356. The molecular weight excluding hydrogens is 507 g/mol. The van der Waals surface area contributed by atoms with Gasteiger partial charge in [-0.3, -0.25) is 0 Å². The fourth-order valence-corrected chi connectivity index (χ4v) is 5.98. The van der Waals surface area contributed by atoms with Crippen LogP contribution in [0.5, 0.6) is 5.75 Å². The van der Waals surface area contributed by atoms with Crippen LogP contribution in [0.4, 0.5) is 13.2 Å². The Kier molecular flexibility index (Phi) is 7.69. The van der Waals surface area contributed by atoms with Crippen LogP contribution in [0.15, 0.2) is 84.9 Å². The van der Waals surface area contributed by atoms with Crippen LogP contribution in [0.25, 0.3) is 0 Å². The number of carbonyl (C=O) groups is 1. The first kappa shape index (κ1) is 27.2. The Hall–Kier alpha value is -3.36. The van der Waals surface area contributed by atoms with E-state index in [-0.39, 0.29) is 12.0 Å². The molecule has 3 aliphatic heterocycles. The van der Waals surface area contributed by atoms with E-state index in [2.05, 4.69) is 0 Å². The van der Waals surface area contributed by atoms with Crippen LogP contribution in [-0.4, -0.2) is 54.4 Å². The Labute approximate surface area is 226 Å². The van der Waals surface area contributed by atoms with Crippen molar-refractivity contribution >= 4 is 5.97 Å². The van der Waals surface area contributed by atoms with Gasteiger partial charge < -0.3 is 19.1 Å². The number of nitrogens with zero attached hydrogens (tertiary/aromatic N) is 1. The summed E-state index contributed by atoms with van der Waals surface area (Å²) in [6.07, 6.45) is -2.06. The van der Waals surface area contributed by atoms with Crippen LogP contribution in [0.3, 0.4) is 0 Å². The number of aliphatic hydroxyl groups is 1. The lowest BCUT2D eigenvalue weighted by molar-refractivity contribution is -0.946. The van der Waals surface area contributed by atoms with Gasteiger partial charge in [0.25, 0.3) is 0 Å². The zero-order chi connectivity index (χ0) is 27.5. The van der Waals surface area contributed by atoms with Gasteiger partial charge in [-0.05, 0) is 35.4 Å². The lowest BCUT2D eigenvalue weighted by Crippen LogP contribution is -2.65. The number of esters is 1. The molecule has 0 amide bonds.